The van der Waals surface area contributed by atoms with Crippen LogP contribution in [0.25, 0.3) is 0 Å². The minimum absolute atomic E-state index is 0.00512. The average molecular weight is 341 g/mol. The molecule has 0 bridgehead atoms. The maximum Gasteiger partial charge on any atom is 0.255 e. The molecule has 5 heteroatoms. The van der Waals surface area contributed by atoms with E-state index in [4.69, 9.17) is 4.99 Å². The summed E-state index contributed by atoms with van der Waals surface area (Å²) >= 11 is 1.84. The maximum absolute atomic E-state index is 12.6. The van der Waals surface area contributed by atoms with Gasteiger partial charge in [0.2, 0.25) is 0 Å². The van der Waals surface area contributed by atoms with E-state index >= 15 is 0 Å². The summed E-state index contributed by atoms with van der Waals surface area (Å²) in [5.74, 6) is 1.15. The first-order valence-corrected chi connectivity index (χ1v) is 9.84. The molecule has 2 heterocycles. The van der Waals surface area contributed by atoms with Crippen LogP contribution in [0.1, 0.15) is 54.1 Å². The second-order valence-electron chi connectivity index (χ2n) is 6.63. The van der Waals surface area contributed by atoms with Crippen molar-refractivity contribution in [2.75, 3.05) is 18.8 Å². The summed E-state index contributed by atoms with van der Waals surface area (Å²) in [7, 11) is 0. The van der Waals surface area contributed by atoms with Crippen LogP contribution in [0.2, 0.25) is 0 Å². The Hall–Kier alpha value is -1.75. The van der Waals surface area contributed by atoms with Crippen LogP contribution in [0.3, 0.4) is 0 Å². The summed E-state index contributed by atoms with van der Waals surface area (Å²) in [6.07, 6.45) is 7.88. The fraction of sp³-hybridized carbons (Fsp3) is 0.474. The Morgan fingerprint density at radius 1 is 1.29 bits per heavy atom. The normalized spacial score (nSPS) is 23.3. The molecule has 1 aliphatic carbocycles. The fourth-order valence-corrected chi connectivity index (χ4v) is 4.56. The van der Waals surface area contributed by atoms with Crippen LogP contribution in [-0.2, 0) is 0 Å². The zero-order valence-corrected chi connectivity index (χ0v) is 14.6. The van der Waals surface area contributed by atoms with Gasteiger partial charge in [-0.1, -0.05) is 36.4 Å². The Morgan fingerprint density at radius 2 is 2.25 bits per heavy atom. The third kappa shape index (κ3) is 3.36. The lowest BCUT2D eigenvalue weighted by atomic mass is 10.0. The highest BCUT2D eigenvalue weighted by Gasteiger charge is 2.30. The van der Waals surface area contributed by atoms with Gasteiger partial charge in [-0.25, -0.2) is 0 Å². The van der Waals surface area contributed by atoms with Gasteiger partial charge in [-0.05, 0) is 43.4 Å². The van der Waals surface area contributed by atoms with Gasteiger partial charge in [-0.15, -0.1) is 0 Å². The summed E-state index contributed by atoms with van der Waals surface area (Å²) < 4.78 is 0. The van der Waals surface area contributed by atoms with Crippen LogP contribution in [0, 0.1) is 0 Å². The number of amides is 1. The number of hydrogen-bond donors (Lipinski definition) is 1. The zero-order valence-electron chi connectivity index (χ0n) is 13.8. The van der Waals surface area contributed by atoms with Crippen molar-refractivity contribution in [1.82, 2.24) is 10.2 Å². The largest absolute Gasteiger partial charge is 0.348 e. The summed E-state index contributed by atoms with van der Waals surface area (Å²) in [5.41, 5.74) is 2.96. The van der Waals surface area contributed by atoms with Crippen LogP contribution in [0.4, 0.5) is 0 Å². The summed E-state index contributed by atoms with van der Waals surface area (Å²) in [6, 6.07) is 8.13. The molecule has 2 aliphatic heterocycles. The molecule has 1 saturated heterocycles. The van der Waals surface area contributed by atoms with E-state index in [1.807, 2.05) is 30.0 Å². The second kappa shape index (κ2) is 7.01. The zero-order chi connectivity index (χ0) is 16.4. The molecule has 1 aromatic rings. The van der Waals surface area contributed by atoms with Gasteiger partial charge in [0.15, 0.2) is 5.17 Å². The van der Waals surface area contributed by atoms with Crippen molar-refractivity contribution < 1.29 is 4.79 Å². The van der Waals surface area contributed by atoms with Crippen molar-refractivity contribution in [1.29, 1.82) is 0 Å². The van der Waals surface area contributed by atoms with Crippen molar-refractivity contribution in [2.45, 2.75) is 38.1 Å². The highest BCUT2D eigenvalue weighted by Crippen LogP contribution is 2.32. The number of hydrogen-bond acceptors (Lipinski definition) is 4. The van der Waals surface area contributed by atoms with Gasteiger partial charge in [-0.3, -0.25) is 9.79 Å². The van der Waals surface area contributed by atoms with Gasteiger partial charge in [0.25, 0.3) is 5.91 Å². The Bertz CT molecular complexity index is 698. The molecule has 126 valence electrons. The number of carbonyl (C=O) groups is 1. The standard InChI is InChI=1S/C19H23N3OS/c23-18(20-16-8-3-1-2-4-9-16)15-7-5-6-14(12-15)17-13-22-10-11-24-19(22)21-17/h5-8,12,17H,1-4,9-11,13H2,(H,20,23). The van der Waals surface area contributed by atoms with E-state index in [-0.39, 0.29) is 11.9 Å². The number of rotatable bonds is 3. The highest BCUT2D eigenvalue weighted by molar-refractivity contribution is 8.14. The highest BCUT2D eigenvalue weighted by atomic mass is 32.2. The SMILES string of the molecule is O=C(NC1=CCCCCC1)c1cccc(C2CN3CCSC3=N2)c1. The minimum Gasteiger partial charge on any atom is -0.348 e. The van der Waals surface area contributed by atoms with Crippen LogP contribution in [0.5, 0.6) is 0 Å². The van der Waals surface area contributed by atoms with Crippen LogP contribution < -0.4 is 5.32 Å². The Balaban J connectivity index is 1.47. The Morgan fingerprint density at radius 3 is 3.17 bits per heavy atom. The summed E-state index contributed by atoms with van der Waals surface area (Å²) in [6.45, 7) is 2.03. The molecule has 0 radical (unpaired) electrons. The van der Waals surface area contributed by atoms with Gasteiger partial charge in [0, 0.05) is 30.1 Å². The number of carbonyl (C=O) groups excluding carboxylic acids is 1. The van der Waals surface area contributed by atoms with Crippen molar-refractivity contribution in [3.63, 3.8) is 0 Å². The number of allylic oxidation sites excluding steroid dienone is 2. The summed E-state index contributed by atoms with van der Waals surface area (Å²) in [4.78, 5) is 19.7. The molecule has 1 N–H and O–H groups in total. The predicted octanol–water partition coefficient (Wildman–Crippen LogP) is 3.72. The molecule has 4 nitrogen and oxygen atoms in total. The molecule has 1 unspecified atom stereocenters. The van der Waals surface area contributed by atoms with E-state index in [2.05, 4.69) is 22.4 Å². The van der Waals surface area contributed by atoms with E-state index in [0.717, 1.165) is 48.5 Å². The number of fused-ring (bicyclic) bond motifs is 1. The van der Waals surface area contributed by atoms with Crippen LogP contribution >= 0.6 is 11.8 Å². The quantitative estimate of drug-likeness (QED) is 0.911. The predicted molar refractivity (Wildman–Crippen MR) is 99.3 cm³/mol. The monoisotopic (exact) mass is 341 g/mol. The number of nitrogens with zero attached hydrogens (tertiary/aromatic N) is 2. The lowest BCUT2D eigenvalue weighted by molar-refractivity contribution is 0.0964. The average Bonchev–Trinajstić information content (AvgIpc) is 3.10. The molecule has 1 amide bonds. The molecular formula is C19H23N3OS. The van der Waals surface area contributed by atoms with Crippen LogP contribution in [0.15, 0.2) is 41.0 Å². The number of aliphatic imine (C=N–C) groups is 1. The molecule has 0 aromatic heterocycles. The number of nitrogens with one attached hydrogen (secondary N) is 1. The van der Waals surface area contributed by atoms with Gasteiger partial charge < -0.3 is 10.2 Å². The molecule has 0 saturated carbocycles. The second-order valence-corrected chi connectivity index (χ2v) is 7.69. The first-order chi connectivity index (χ1) is 11.8. The topological polar surface area (TPSA) is 44.7 Å². The molecule has 1 aromatic carbocycles. The molecule has 3 aliphatic rings. The van der Waals surface area contributed by atoms with Crippen molar-refractivity contribution in [3.8, 4) is 0 Å². The van der Waals surface area contributed by atoms with E-state index in [9.17, 15) is 4.79 Å². The number of benzene rings is 1. The van der Waals surface area contributed by atoms with Crippen molar-refractivity contribution >= 4 is 22.8 Å². The third-order valence-corrected chi connectivity index (χ3v) is 5.88. The van der Waals surface area contributed by atoms with Gasteiger partial charge in [0.05, 0.1) is 6.04 Å². The Kier molecular flexibility index (Phi) is 4.60. The van der Waals surface area contributed by atoms with E-state index < -0.39 is 0 Å². The molecule has 1 atom stereocenters. The summed E-state index contributed by atoms with van der Waals surface area (Å²) in [5, 5.41) is 4.27. The number of amidine groups is 1. The molecule has 0 spiro atoms. The maximum atomic E-state index is 12.6. The fourth-order valence-electron chi connectivity index (χ4n) is 3.52. The molecular weight excluding hydrogens is 318 g/mol. The minimum atomic E-state index is 0.00512. The van der Waals surface area contributed by atoms with Crippen LogP contribution in [-0.4, -0.2) is 34.8 Å². The van der Waals surface area contributed by atoms with E-state index in [1.165, 1.54) is 24.4 Å². The molecule has 1 fully saturated rings. The first kappa shape index (κ1) is 15.8. The van der Waals surface area contributed by atoms with Crippen molar-refractivity contribution in [3.05, 3.63) is 47.2 Å². The molecule has 24 heavy (non-hydrogen) atoms. The van der Waals surface area contributed by atoms with Gasteiger partial charge in [-0.2, -0.15) is 0 Å². The van der Waals surface area contributed by atoms with Gasteiger partial charge >= 0.3 is 0 Å². The smallest absolute Gasteiger partial charge is 0.255 e. The first-order valence-electron chi connectivity index (χ1n) is 8.85. The third-order valence-electron chi connectivity index (χ3n) is 4.87. The molecule has 4 rings (SSSR count). The van der Waals surface area contributed by atoms with Crippen molar-refractivity contribution in [2.24, 2.45) is 4.99 Å². The van der Waals surface area contributed by atoms with E-state index in [0.29, 0.717) is 0 Å². The lowest BCUT2D eigenvalue weighted by Crippen LogP contribution is -2.23. The van der Waals surface area contributed by atoms with Gasteiger partial charge in [0.1, 0.15) is 0 Å². The lowest BCUT2D eigenvalue weighted by Gasteiger charge is -2.14. The number of thioether (sulfide) groups is 1. The van der Waals surface area contributed by atoms with E-state index in [1.54, 1.807) is 0 Å². The Labute approximate surface area is 147 Å².